The fourth-order valence-corrected chi connectivity index (χ4v) is 1.71. The number of rotatable bonds is 2. The van der Waals surface area contributed by atoms with Gasteiger partial charge in [-0.05, 0) is 19.1 Å². The van der Waals surface area contributed by atoms with Crippen LogP contribution in [0.3, 0.4) is 0 Å². The van der Waals surface area contributed by atoms with E-state index in [-0.39, 0.29) is 5.91 Å². The first kappa shape index (κ1) is 11.3. The van der Waals surface area contributed by atoms with Gasteiger partial charge in [0.2, 0.25) is 0 Å². The van der Waals surface area contributed by atoms with Crippen molar-refractivity contribution < 1.29 is 14.3 Å². The van der Waals surface area contributed by atoms with Crippen molar-refractivity contribution in [2.24, 2.45) is 11.0 Å². The smallest absolute Gasteiger partial charge is 0.324 e. The number of carbonyl (C=O) groups is 2. The van der Waals surface area contributed by atoms with Crippen molar-refractivity contribution in [3.63, 3.8) is 0 Å². The molecule has 0 aliphatic carbocycles. The van der Waals surface area contributed by atoms with Crippen molar-refractivity contribution in [1.82, 2.24) is 0 Å². The molecular weight excluding hydrogens is 220 g/mol. The average Bonchev–Trinajstić information content (AvgIpc) is 2.65. The molecule has 1 heterocycles. The van der Waals surface area contributed by atoms with Gasteiger partial charge in [-0.2, -0.15) is 10.1 Å². The highest BCUT2D eigenvalue weighted by molar-refractivity contribution is 6.25. The fourth-order valence-electron chi connectivity index (χ4n) is 1.71. The van der Waals surface area contributed by atoms with E-state index in [1.54, 1.807) is 31.2 Å². The normalized spacial score (nSPS) is 19.2. The summed E-state index contributed by atoms with van der Waals surface area (Å²) in [7, 11) is 1.26. The van der Waals surface area contributed by atoms with E-state index in [0.29, 0.717) is 11.4 Å². The van der Waals surface area contributed by atoms with Crippen molar-refractivity contribution >= 4 is 23.3 Å². The number of esters is 1. The zero-order valence-corrected chi connectivity index (χ0v) is 9.58. The summed E-state index contributed by atoms with van der Waals surface area (Å²) in [5, 5.41) is 5.32. The standard InChI is InChI=1S/C12H12N2O3/c1-8-10(12(16)17-2)11(15)14(13-8)9-6-4-3-5-7-9/h3-7,10H,1-2H3. The van der Waals surface area contributed by atoms with E-state index in [1.165, 1.54) is 12.1 Å². The number of hydrogen-bond donors (Lipinski definition) is 0. The molecule has 88 valence electrons. The third kappa shape index (κ3) is 1.91. The Morgan fingerprint density at radius 3 is 2.59 bits per heavy atom. The molecule has 1 aliphatic heterocycles. The third-order valence-electron chi connectivity index (χ3n) is 2.57. The zero-order valence-electron chi connectivity index (χ0n) is 9.58. The highest BCUT2D eigenvalue weighted by atomic mass is 16.5. The highest BCUT2D eigenvalue weighted by Crippen LogP contribution is 2.24. The molecule has 5 heteroatoms. The van der Waals surface area contributed by atoms with Crippen molar-refractivity contribution in [2.45, 2.75) is 6.92 Å². The molecule has 0 radical (unpaired) electrons. The van der Waals surface area contributed by atoms with E-state index in [2.05, 4.69) is 9.84 Å². The maximum atomic E-state index is 12.0. The molecule has 1 atom stereocenters. The van der Waals surface area contributed by atoms with E-state index in [4.69, 9.17) is 0 Å². The molecule has 2 rings (SSSR count). The highest BCUT2D eigenvalue weighted by Gasteiger charge is 2.40. The van der Waals surface area contributed by atoms with E-state index in [1.807, 2.05) is 6.07 Å². The number of anilines is 1. The number of hydrazone groups is 1. The van der Waals surface area contributed by atoms with Crippen LogP contribution in [-0.4, -0.2) is 24.7 Å². The van der Waals surface area contributed by atoms with Crippen LogP contribution in [0.1, 0.15) is 6.92 Å². The molecule has 1 amide bonds. The van der Waals surface area contributed by atoms with Gasteiger partial charge in [-0.1, -0.05) is 18.2 Å². The van der Waals surface area contributed by atoms with Crippen LogP contribution < -0.4 is 5.01 Å². The van der Waals surface area contributed by atoms with Crippen LogP contribution >= 0.6 is 0 Å². The van der Waals surface area contributed by atoms with Crippen LogP contribution in [-0.2, 0) is 14.3 Å². The van der Waals surface area contributed by atoms with Gasteiger partial charge in [0.05, 0.1) is 18.5 Å². The number of hydrogen-bond acceptors (Lipinski definition) is 4. The summed E-state index contributed by atoms with van der Waals surface area (Å²) in [4.78, 5) is 23.5. The van der Waals surface area contributed by atoms with Crippen LogP contribution in [0.4, 0.5) is 5.69 Å². The summed E-state index contributed by atoms with van der Waals surface area (Å²) in [6.45, 7) is 1.64. The molecule has 1 unspecified atom stereocenters. The van der Waals surface area contributed by atoms with Gasteiger partial charge in [-0.15, -0.1) is 0 Å². The molecule has 0 saturated heterocycles. The number of benzene rings is 1. The molecule has 0 bridgehead atoms. The monoisotopic (exact) mass is 232 g/mol. The Hall–Kier alpha value is -2.17. The second kappa shape index (κ2) is 4.37. The molecule has 0 spiro atoms. The molecule has 1 aliphatic rings. The first-order chi connectivity index (χ1) is 8.15. The number of para-hydroxylation sites is 1. The molecule has 1 aromatic rings. The summed E-state index contributed by atoms with van der Waals surface area (Å²) in [6.07, 6.45) is 0. The second-order valence-corrected chi connectivity index (χ2v) is 3.68. The van der Waals surface area contributed by atoms with Gasteiger partial charge in [0.25, 0.3) is 5.91 Å². The van der Waals surface area contributed by atoms with E-state index in [0.717, 1.165) is 0 Å². The molecule has 5 nitrogen and oxygen atoms in total. The van der Waals surface area contributed by atoms with Gasteiger partial charge in [-0.25, -0.2) is 0 Å². The summed E-state index contributed by atoms with van der Waals surface area (Å²) >= 11 is 0. The van der Waals surface area contributed by atoms with Crippen LogP contribution in [0.5, 0.6) is 0 Å². The van der Waals surface area contributed by atoms with Crippen molar-refractivity contribution in [3.8, 4) is 0 Å². The summed E-state index contributed by atoms with van der Waals surface area (Å²) in [5.74, 6) is -1.87. The van der Waals surface area contributed by atoms with E-state index >= 15 is 0 Å². The SMILES string of the molecule is COC(=O)C1C(=O)N(c2ccccc2)N=C1C. The molecular formula is C12H12N2O3. The quantitative estimate of drug-likeness (QED) is 0.568. The first-order valence-electron chi connectivity index (χ1n) is 5.17. The minimum Gasteiger partial charge on any atom is -0.468 e. The van der Waals surface area contributed by atoms with Crippen LogP contribution in [0.15, 0.2) is 35.4 Å². The third-order valence-corrected chi connectivity index (χ3v) is 2.57. The lowest BCUT2D eigenvalue weighted by Gasteiger charge is -2.12. The van der Waals surface area contributed by atoms with Gasteiger partial charge in [-0.3, -0.25) is 9.59 Å². The number of amides is 1. The number of nitrogens with zero attached hydrogens (tertiary/aromatic N) is 2. The van der Waals surface area contributed by atoms with Gasteiger partial charge < -0.3 is 4.74 Å². The lowest BCUT2D eigenvalue weighted by molar-refractivity contribution is -0.145. The van der Waals surface area contributed by atoms with Gasteiger partial charge in [0.1, 0.15) is 0 Å². The molecule has 1 aromatic carbocycles. The zero-order chi connectivity index (χ0) is 12.4. The molecule has 0 aromatic heterocycles. The minimum atomic E-state index is -0.916. The van der Waals surface area contributed by atoms with Crippen molar-refractivity contribution in [1.29, 1.82) is 0 Å². The van der Waals surface area contributed by atoms with Gasteiger partial charge in [0.15, 0.2) is 5.92 Å². The fraction of sp³-hybridized carbons (Fsp3) is 0.250. The Balaban J connectivity index is 2.31. The molecule has 0 saturated carbocycles. The van der Waals surface area contributed by atoms with Crippen molar-refractivity contribution in [3.05, 3.63) is 30.3 Å². The van der Waals surface area contributed by atoms with Crippen molar-refractivity contribution in [2.75, 3.05) is 12.1 Å². The summed E-state index contributed by atoms with van der Waals surface area (Å²) < 4.78 is 4.59. The second-order valence-electron chi connectivity index (χ2n) is 3.68. The summed E-state index contributed by atoms with van der Waals surface area (Å²) in [5.41, 5.74) is 1.09. The number of ether oxygens (including phenoxy) is 1. The Bertz CT molecular complexity index is 482. The minimum absolute atomic E-state index is 0.374. The average molecular weight is 232 g/mol. The lowest BCUT2D eigenvalue weighted by Crippen LogP contribution is -2.33. The molecule has 17 heavy (non-hydrogen) atoms. The van der Waals surface area contributed by atoms with Gasteiger partial charge >= 0.3 is 5.97 Å². The number of carbonyl (C=O) groups excluding carboxylic acids is 2. The Labute approximate surface area is 98.7 Å². The maximum Gasteiger partial charge on any atom is 0.324 e. The molecule has 0 fully saturated rings. The van der Waals surface area contributed by atoms with E-state index in [9.17, 15) is 9.59 Å². The Morgan fingerprint density at radius 2 is 2.00 bits per heavy atom. The predicted octanol–water partition coefficient (Wildman–Crippen LogP) is 1.20. The molecule has 0 N–H and O–H groups in total. The van der Waals surface area contributed by atoms with Gasteiger partial charge in [0, 0.05) is 0 Å². The largest absolute Gasteiger partial charge is 0.468 e. The van der Waals surface area contributed by atoms with Crippen LogP contribution in [0.25, 0.3) is 0 Å². The summed E-state index contributed by atoms with van der Waals surface area (Å²) in [6, 6.07) is 8.97. The maximum absolute atomic E-state index is 12.0. The van der Waals surface area contributed by atoms with Crippen LogP contribution in [0.2, 0.25) is 0 Å². The number of methoxy groups -OCH3 is 1. The topological polar surface area (TPSA) is 59.0 Å². The van der Waals surface area contributed by atoms with Crippen LogP contribution in [0, 0.1) is 5.92 Å². The Morgan fingerprint density at radius 1 is 1.35 bits per heavy atom. The Kier molecular flexibility index (Phi) is 2.91. The predicted molar refractivity (Wildman–Crippen MR) is 62.5 cm³/mol. The lowest BCUT2D eigenvalue weighted by atomic mass is 10.1. The van der Waals surface area contributed by atoms with E-state index < -0.39 is 11.9 Å². The first-order valence-corrected chi connectivity index (χ1v) is 5.17.